The zero-order chi connectivity index (χ0) is 15.2. The molecule has 0 saturated carbocycles. The number of nitrogens with one attached hydrogen (secondary N) is 1. The summed E-state index contributed by atoms with van der Waals surface area (Å²) >= 11 is 0. The van der Waals surface area contributed by atoms with Crippen molar-refractivity contribution in [3.63, 3.8) is 0 Å². The van der Waals surface area contributed by atoms with Crippen molar-refractivity contribution in [1.82, 2.24) is 14.9 Å². The number of nitrogens with zero attached hydrogens (tertiary/aromatic N) is 2. The highest BCUT2D eigenvalue weighted by Crippen LogP contribution is 2.13. The fraction of sp³-hybridized carbons (Fsp3) is 0.200. The van der Waals surface area contributed by atoms with Crippen LogP contribution in [0.4, 0.5) is 8.78 Å². The molecule has 0 spiro atoms. The van der Waals surface area contributed by atoms with Gasteiger partial charge in [-0.2, -0.15) is 0 Å². The van der Waals surface area contributed by atoms with Crippen molar-refractivity contribution < 1.29 is 13.6 Å². The lowest BCUT2D eigenvalue weighted by Crippen LogP contribution is -2.24. The van der Waals surface area contributed by atoms with Crippen LogP contribution in [0.2, 0.25) is 0 Å². The molecule has 0 aliphatic rings. The van der Waals surface area contributed by atoms with Gasteiger partial charge >= 0.3 is 0 Å². The second-order valence-electron chi connectivity index (χ2n) is 4.46. The van der Waals surface area contributed by atoms with Gasteiger partial charge in [0.1, 0.15) is 17.5 Å². The Labute approximate surface area is 121 Å². The second kappa shape index (κ2) is 6.78. The molecule has 6 heteroatoms. The van der Waals surface area contributed by atoms with Gasteiger partial charge in [-0.15, -0.1) is 0 Å². The lowest BCUT2D eigenvalue weighted by molar-refractivity contribution is -0.116. The summed E-state index contributed by atoms with van der Waals surface area (Å²) in [5.41, 5.74) is -0.225. The molecule has 0 atom stereocenters. The van der Waals surface area contributed by atoms with E-state index in [4.69, 9.17) is 0 Å². The maximum atomic E-state index is 13.3. The normalized spacial score (nSPS) is 11.0. The number of benzene rings is 1. The smallest absolute Gasteiger partial charge is 0.244 e. The molecule has 0 aliphatic carbocycles. The Bertz CT molecular complexity index is 644. The number of aryl methyl sites for hydroxylation is 1. The summed E-state index contributed by atoms with van der Waals surface area (Å²) < 4.78 is 28.6. The number of hydrogen-bond donors (Lipinski definition) is 1. The Morgan fingerprint density at radius 3 is 2.71 bits per heavy atom. The van der Waals surface area contributed by atoms with E-state index < -0.39 is 17.5 Å². The summed E-state index contributed by atoms with van der Waals surface area (Å²) in [6.45, 7) is 0.397. The van der Waals surface area contributed by atoms with E-state index in [-0.39, 0.29) is 5.56 Å². The number of imidazole rings is 1. The standard InChI is InChI=1S/C15H15F2N3O/c1-20-10-9-18-14(20)7-8-19-15(21)6-5-11-12(16)3-2-4-13(11)17/h2-6,9-10H,7-8H2,1H3,(H,19,21)/b6-5-. The van der Waals surface area contributed by atoms with Crippen LogP contribution in [-0.4, -0.2) is 22.0 Å². The van der Waals surface area contributed by atoms with Gasteiger partial charge < -0.3 is 9.88 Å². The number of halogens is 2. The molecule has 110 valence electrons. The largest absolute Gasteiger partial charge is 0.352 e. The van der Waals surface area contributed by atoms with Crippen LogP contribution < -0.4 is 5.32 Å². The minimum Gasteiger partial charge on any atom is -0.352 e. The number of carbonyl (C=O) groups excluding carboxylic acids is 1. The topological polar surface area (TPSA) is 46.9 Å². The third-order valence-corrected chi connectivity index (χ3v) is 2.97. The van der Waals surface area contributed by atoms with Crippen LogP contribution >= 0.6 is 0 Å². The molecule has 0 aliphatic heterocycles. The number of amides is 1. The van der Waals surface area contributed by atoms with E-state index in [1.165, 1.54) is 6.07 Å². The average molecular weight is 291 g/mol. The predicted octanol–water partition coefficient (Wildman–Crippen LogP) is 2.07. The number of carbonyl (C=O) groups is 1. The van der Waals surface area contributed by atoms with Gasteiger partial charge in [0.05, 0.1) is 0 Å². The quantitative estimate of drug-likeness (QED) is 0.857. The van der Waals surface area contributed by atoms with E-state index in [0.717, 1.165) is 30.1 Å². The highest BCUT2D eigenvalue weighted by molar-refractivity contribution is 5.91. The minimum absolute atomic E-state index is 0.225. The van der Waals surface area contributed by atoms with E-state index in [1.807, 2.05) is 17.8 Å². The molecule has 1 N–H and O–H groups in total. The average Bonchev–Trinajstić information content (AvgIpc) is 2.84. The molecule has 0 radical (unpaired) electrons. The van der Waals surface area contributed by atoms with Crippen molar-refractivity contribution in [3.05, 3.63) is 59.7 Å². The van der Waals surface area contributed by atoms with E-state index in [2.05, 4.69) is 10.3 Å². The summed E-state index contributed by atoms with van der Waals surface area (Å²) in [4.78, 5) is 15.7. The molecule has 0 unspecified atom stereocenters. The van der Waals surface area contributed by atoms with Crippen LogP contribution in [0.5, 0.6) is 0 Å². The summed E-state index contributed by atoms with van der Waals surface area (Å²) in [5.74, 6) is -0.967. The van der Waals surface area contributed by atoms with Crippen LogP contribution in [0.25, 0.3) is 6.08 Å². The molecule has 0 bridgehead atoms. The van der Waals surface area contributed by atoms with Crippen LogP contribution in [-0.2, 0) is 18.3 Å². The summed E-state index contributed by atoms with van der Waals surface area (Å²) in [7, 11) is 1.87. The van der Waals surface area contributed by atoms with Gasteiger partial charge in [-0.3, -0.25) is 4.79 Å². The highest BCUT2D eigenvalue weighted by atomic mass is 19.1. The van der Waals surface area contributed by atoms with Crippen LogP contribution in [0.1, 0.15) is 11.4 Å². The molecule has 0 saturated heterocycles. The SMILES string of the molecule is Cn1ccnc1CCNC(=O)/C=C\c1c(F)cccc1F. The fourth-order valence-corrected chi connectivity index (χ4v) is 1.82. The van der Waals surface area contributed by atoms with Gasteiger partial charge in [0.2, 0.25) is 5.91 Å². The number of rotatable bonds is 5. The maximum Gasteiger partial charge on any atom is 0.244 e. The lowest BCUT2D eigenvalue weighted by Gasteiger charge is -2.03. The van der Waals surface area contributed by atoms with Crippen LogP contribution in [0.15, 0.2) is 36.7 Å². The van der Waals surface area contributed by atoms with E-state index in [1.54, 1.807) is 6.20 Å². The highest BCUT2D eigenvalue weighted by Gasteiger charge is 2.05. The Balaban J connectivity index is 1.87. The molecule has 1 aromatic carbocycles. The molecule has 1 aromatic heterocycles. The Morgan fingerprint density at radius 1 is 1.38 bits per heavy atom. The Kier molecular flexibility index (Phi) is 4.81. The van der Waals surface area contributed by atoms with Gasteiger partial charge in [-0.25, -0.2) is 13.8 Å². The van der Waals surface area contributed by atoms with E-state index in [0.29, 0.717) is 13.0 Å². The second-order valence-corrected chi connectivity index (χ2v) is 4.46. The van der Waals surface area contributed by atoms with Crippen LogP contribution in [0, 0.1) is 11.6 Å². The van der Waals surface area contributed by atoms with Gasteiger partial charge in [0.15, 0.2) is 0 Å². The first-order valence-electron chi connectivity index (χ1n) is 6.44. The monoisotopic (exact) mass is 291 g/mol. The predicted molar refractivity (Wildman–Crippen MR) is 75.3 cm³/mol. The molecule has 1 heterocycles. The van der Waals surface area contributed by atoms with Crippen molar-refractivity contribution >= 4 is 12.0 Å². The maximum absolute atomic E-state index is 13.3. The molecule has 1 amide bonds. The zero-order valence-corrected chi connectivity index (χ0v) is 11.5. The van der Waals surface area contributed by atoms with Crippen molar-refractivity contribution in [2.45, 2.75) is 6.42 Å². The van der Waals surface area contributed by atoms with Crippen molar-refractivity contribution in [2.75, 3.05) is 6.54 Å². The number of aromatic nitrogens is 2. The van der Waals surface area contributed by atoms with Gasteiger partial charge in [-0.1, -0.05) is 6.07 Å². The fourth-order valence-electron chi connectivity index (χ4n) is 1.82. The molecule has 0 fully saturated rings. The van der Waals surface area contributed by atoms with E-state index in [9.17, 15) is 13.6 Å². The molecular formula is C15H15F2N3O. The third-order valence-electron chi connectivity index (χ3n) is 2.97. The number of hydrogen-bond acceptors (Lipinski definition) is 2. The van der Waals surface area contributed by atoms with Crippen molar-refractivity contribution in [1.29, 1.82) is 0 Å². The lowest BCUT2D eigenvalue weighted by atomic mass is 10.2. The van der Waals surface area contributed by atoms with Gasteiger partial charge in [0.25, 0.3) is 0 Å². The first-order valence-corrected chi connectivity index (χ1v) is 6.44. The first-order chi connectivity index (χ1) is 10.1. The third kappa shape index (κ3) is 3.98. The van der Waals surface area contributed by atoms with E-state index >= 15 is 0 Å². The Hall–Kier alpha value is -2.50. The Morgan fingerprint density at radius 2 is 2.10 bits per heavy atom. The van der Waals surface area contributed by atoms with Gasteiger partial charge in [0, 0.05) is 44.0 Å². The molecular weight excluding hydrogens is 276 g/mol. The molecule has 2 aromatic rings. The van der Waals surface area contributed by atoms with Crippen molar-refractivity contribution in [3.8, 4) is 0 Å². The molecule has 21 heavy (non-hydrogen) atoms. The first kappa shape index (κ1) is 14.9. The van der Waals surface area contributed by atoms with Crippen LogP contribution in [0.3, 0.4) is 0 Å². The minimum atomic E-state index is -0.702. The summed E-state index contributed by atoms with van der Waals surface area (Å²) in [6.07, 6.45) is 6.31. The van der Waals surface area contributed by atoms with Gasteiger partial charge in [-0.05, 0) is 18.2 Å². The molecule has 2 rings (SSSR count). The summed E-state index contributed by atoms with van der Waals surface area (Å²) in [5, 5.41) is 2.63. The zero-order valence-electron chi connectivity index (χ0n) is 11.5. The summed E-state index contributed by atoms with van der Waals surface area (Å²) in [6, 6.07) is 3.55. The molecule has 4 nitrogen and oxygen atoms in total. The van der Waals surface area contributed by atoms with Crippen molar-refractivity contribution in [2.24, 2.45) is 7.05 Å².